The first kappa shape index (κ1) is 28.2. The number of benzene rings is 4. The number of ether oxygens (including phenoxy) is 3. The van der Waals surface area contributed by atoms with Crippen LogP contribution >= 0.6 is 15.9 Å². The fraction of sp³-hybridized carbons (Fsp3) is 0.147. The third-order valence-electron chi connectivity index (χ3n) is 7.54. The molecule has 9 heteroatoms. The number of nitrogens with zero attached hydrogens (tertiary/aromatic N) is 2. The lowest BCUT2D eigenvalue weighted by Crippen LogP contribution is -2.27. The molecule has 1 aromatic heterocycles. The minimum Gasteiger partial charge on any atom is -0.493 e. The molecule has 4 aromatic carbocycles. The van der Waals surface area contributed by atoms with Crippen LogP contribution in [-0.4, -0.2) is 42.9 Å². The molecule has 1 aliphatic rings. The monoisotopic (exact) mass is 637 g/mol. The third-order valence-corrected chi connectivity index (χ3v) is 8.03. The Hall–Kier alpha value is -4.89. The van der Waals surface area contributed by atoms with E-state index >= 15 is 0 Å². The first-order valence-corrected chi connectivity index (χ1v) is 14.4. The lowest BCUT2D eigenvalue weighted by molar-refractivity contribution is 0.0710. The summed E-state index contributed by atoms with van der Waals surface area (Å²) in [7, 11) is 4.51. The molecular formula is C34H28BrN3O5. The zero-order valence-corrected chi connectivity index (χ0v) is 25.3. The van der Waals surface area contributed by atoms with E-state index in [-0.39, 0.29) is 11.5 Å². The number of amides is 1. The number of H-pyrrole nitrogens is 1. The number of halogens is 1. The summed E-state index contributed by atoms with van der Waals surface area (Å²) in [5, 5.41) is 7.19. The van der Waals surface area contributed by atoms with Gasteiger partial charge in [-0.1, -0.05) is 76.6 Å². The van der Waals surface area contributed by atoms with Crippen molar-refractivity contribution in [1.82, 2.24) is 9.99 Å². The van der Waals surface area contributed by atoms with Crippen LogP contribution in [-0.2, 0) is 0 Å². The third kappa shape index (κ3) is 5.17. The normalized spacial score (nSPS) is 14.5. The van der Waals surface area contributed by atoms with Gasteiger partial charge in [0, 0.05) is 32.9 Å². The van der Waals surface area contributed by atoms with E-state index in [9.17, 15) is 9.59 Å². The van der Waals surface area contributed by atoms with E-state index in [2.05, 4.69) is 20.9 Å². The summed E-state index contributed by atoms with van der Waals surface area (Å²) in [5.74, 6) is 0.720. The van der Waals surface area contributed by atoms with Gasteiger partial charge >= 0.3 is 0 Å². The SMILES string of the molecule is COc1cc(C(=O)N2N=C(c3c(-c4ccccc4)c4cc(Br)ccc4[nH]c3=O)CC2c2ccccc2)cc(OC)c1OC. The lowest BCUT2D eigenvalue weighted by atomic mass is 9.91. The smallest absolute Gasteiger partial charge is 0.274 e. The fourth-order valence-electron chi connectivity index (χ4n) is 5.57. The summed E-state index contributed by atoms with van der Waals surface area (Å²) in [5.41, 5.74) is 4.20. The van der Waals surface area contributed by atoms with Crippen molar-refractivity contribution in [2.24, 2.45) is 5.10 Å². The average molecular weight is 639 g/mol. The lowest BCUT2D eigenvalue weighted by Gasteiger charge is -2.23. The molecular weight excluding hydrogens is 610 g/mol. The number of hydrogen-bond acceptors (Lipinski definition) is 6. The van der Waals surface area contributed by atoms with E-state index in [1.165, 1.54) is 26.3 Å². The van der Waals surface area contributed by atoms with E-state index < -0.39 is 6.04 Å². The maximum Gasteiger partial charge on any atom is 0.274 e. The van der Waals surface area contributed by atoms with Crippen molar-refractivity contribution in [3.8, 4) is 28.4 Å². The molecule has 0 fully saturated rings. The number of aromatic nitrogens is 1. The number of aromatic amines is 1. The van der Waals surface area contributed by atoms with E-state index in [0.29, 0.717) is 46.0 Å². The van der Waals surface area contributed by atoms with E-state index in [1.807, 2.05) is 78.9 Å². The Morgan fingerprint density at radius 3 is 2.14 bits per heavy atom. The van der Waals surface area contributed by atoms with Crippen molar-refractivity contribution in [2.75, 3.05) is 21.3 Å². The Kier molecular flexibility index (Phi) is 7.73. The van der Waals surface area contributed by atoms with Gasteiger partial charge in [-0.15, -0.1) is 0 Å². The van der Waals surface area contributed by atoms with Crippen LogP contribution in [0.25, 0.3) is 22.0 Å². The van der Waals surface area contributed by atoms with Crippen LogP contribution in [0, 0.1) is 0 Å². The highest BCUT2D eigenvalue weighted by Gasteiger charge is 2.36. The van der Waals surface area contributed by atoms with Gasteiger partial charge in [0.25, 0.3) is 11.5 Å². The molecule has 216 valence electrons. The van der Waals surface area contributed by atoms with Crippen LogP contribution in [0.5, 0.6) is 17.2 Å². The Balaban J connectivity index is 1.56. The van der Waals surface area contributed by atoms with Gasteiger partial charge < -0.3 is 19.2 Å². The van der Waals surface area contributed by atoms with Gasteiger partial charge in [-0.2, -0.15) is 5.10 Å². The molecule has 5 aromatic rings. The summed E-state index contributed by atoms with van der Waals surface area (Å²) in [6.45, 7) is 0. The number of rotatable bonds is 7. The van der Waals surface area contributed by atoms with Crippen LogP contribution in [0.1, 0.15) is 33.9 Å². The Morgan fingerprint density at radius 1 is 0.860 bits per heavy atom. The molecule has 0 radical (unpaired) electrons. The summed E-state index contributed by atoms with van der Waals surface area (Å²) in [6.07, 6.45) is 0.336. The molecule has 0 spiro atoms. The van der Waals surface area contributed by atoms with Crippen molar-refractivity contribution < 1.29 is 19.0 Å². The van der Waals surface area contributed by atoms with Crippen molar-refractivity contribution in [2.45, 2.75) is 12.5 Å². The van der Waals surface area contributed by atoms with Crippen LogP contribution in [0.4, 0.5) is 0 Å². The molecule has 0 saturated carbocycles. The molecule has 1 unspecified atom stereocenters. The summed E-state index contributed by atoms with van der Waals surface area (Å²) in [4.78, 5) is 31.1. The van der Waals surface area contributed by atoms with E-state index in [0.717, 1.165) is 26.5 Å². The first-order valence-electron chi connectivity index (χ1n) is 13.6. The Morgan fingerprint density at radius 2 is 1.51 bits per heavy atom. The van der Waals surface area contributed by atoms with Crippen LogP contribution in [0.3, 0.4) is 0 Å². The van der Waals surface area contributed by atoms with Gasteiger partial charge in [0.15, 0.2) is 11.5 Å². The summed E-state index contributed by atoms with van der Waals surface area (Å²) < 4.78 is 17.3. The van der Waals surface area contributed by atoms with Crippen LogP contribution in [0.2, 0.25) is 0 Å². The van der Waals surface area contributed by atoms with Crippen LogP contribution in [0.15, 0.2) is 105 Å². The molecule has 1 N–H and O–H groups in total. The number of pyridine rings is 1. The first-order chi connectivity index (χ1) is 20.9. The minimum atomic E-state index is -0.455. The highest BCUT2D eigenvalue weighted by Crippen LogP contribution is 2.41. The number of hydrogen-bond donors (Lipinski definition) is 1. The number of methoxy groups -OCH3 is 3. The zero-order chi connectivity index (χ0) is 30.1. The Labute approximate surface area is 256 Å². The maximum atomic E-state index is 14.2. The molecule has 0 aliphatic carbocycles. The quantitative estimate of drug-likeness (QED) is 0.208. The highest BCUT2D eigenvalue weighted by molar-refractivity contribution is 9.10. The predicted molar refractivity (Wildman–Crippen MR) is 170 cm³/mol. The number of carbonyl (C=O) groups is 1. The number of hydrazone groups is 1. The standard InChI is InChI=1S/C34H28BrN3O5/c1-41-28-16-22(17-29(42-2)32(28)43-3)34(40)38-27(20-10-6-4-7-11-20)19-26(37-38)31-30(21-12-8-5-9-13-21)24-18-23(35)14-15-25(24)36-33(31)39/h4-18,27H,19H2,1-3H3,(H,36,39). The van der Waals surface area contributed by atoms with Gasteiger partial charge in [0.05, 0.1) is 38.6 Å². The molecule has 0 bridgehead atoms. The van der Waals surface area contributed by atoms with E-state index in [1.54, 1.807) is 12.1 Å². The topological polar surface area (TPSA) is 93.2 Å². The molecule has 8 nitrogen and oxygen atoms in total. The number of nitrogens with one attached hydrogen (secondary N) is 1. The van der Waals surface area contributed by atoms with Gasteiger partial charge in [0.2, 0.25) is 5.75 Å². The van der Waals surface area contributed by atoms with Gasteiger partial charge in [-0.25, -0.2) is 5.01 Å². The van der Waals surface area contributed by atoms with E-state index in [4.69, 9.17) is 19.3 Å². The predicted octanol–water partition coefficient (Wildman–Crippen LogP) is 6.97. The molecule has 1 amide bonds. The second-order valence-corrected chi connectivity index (χ2v) is 10.9. The van der Waals surface area contributed by atoms with Crippen molar-refractivity contribution in [3.05, 3.63) is 123 Å². The van der Waals surface area contributed by atoms with Gasteiger partial charge in [-0.3, -0.25) is 9.59 Å². The van der Waals surface area contributed by atoms with Crippen molar-refractivity contribution in [3.63, 3.8) is 0 Å². The minimum absolute atomic E-state index is 0.277. The van der Waals surface area contributed by atoms with Crippen molar-refractivity contribution >= 4 is 38.5 Å². The second-order valence-electron chi connectivity index (χ2n) is 10.0. The van der Waals surface area contributed by atoms with Crippen LogP contribution < -0.4 is 19.8 Å². The van der Waals surface area contributed by atoms with Gasteiger partial charge in [0.1, 0.15) is 0 Å². The molecule has 1 aliphatic heterocycles. The number of fused-ring (bicyclic) bond motifs is 1. The summed E-state index contributed by atoms with van der Waals surface area (Å²) in [6, 6.07) is 27.9. The molecule has 6 rings (SSSR count). The van der Waals surface area contributed by atoms with Gasteiger partial charge in [-0.05, 0) is 41.5 Å². The molecule has 0 saturated heterocycles. The van der Waals surface area contributed by atoms with Crippen molar-refractivity contribution in [1.29, 1.82) is 0 Å². The zero-order valence-electron chi connectivity index (χ0n) is 23.8. The second kappa shape index (κ2) is 11.8. The number of carbonyl (C=O) groups excluding carboxylic acids is 1. The Bertz CT molecular complexity index is 1900. The largest absolute Gasteiger partial charge is 0.493 e. The highest BCUT2D eigenvalue weighted by atomic mass is 79.9. The molecule has 43 heavy (non-hydrogen) atoms. The summed E-state index contributed by atoms with van der Waals surface area (Å²) >= 11 is 3.59. The fourth-order valence-corrected chi connectivity index (χ4v) is 5.93. The maximum absolute atomic E-state index is 14.2. The average Bonchev–Trinajstić information content (AvgIpc) is 3.49. The molecule has 1 atom stereocenters. The molecule has 2 heterocycles.